The highest BCUT2D eigenvalue weighted by Gasteiger charge is 2.52. The van der Waals surface area contributed by atoms with Gasteiger partial charge in [0.05, 0.1) is 16.7 Å². The van der Waals surface area contributed by atoms with Crippen molar-refractivity contribution in [2.75, 3.05) is 0 Å². The Morgan fingerprint density at radius 3 is 2.33 bits per heavy atom. The molecule has 0 aliphatic carbocycles. The lowest BCUT2D eigenvalue weighted by Gasteiger charge is -2.32. The summed E-state index contributed by atoms with van der Waals surface area (Å²) in [4.78, 5) is 12.0. The lowest BCUT2D eigenvalue weighted by Crippen LogP contribution is -2.41. The van der Waals surface area contributed by atoms with Gasteiger partial charge in [0.15, 0.2) is 0 Å². The molecule has 1 saturated heterocycles. The maximum absolute atomic E-state index is 14.7. The molecule has 0 bridgehead atoms. The molecule has 1 aliphatic rings. The Morgan fingerprint density at radius 1 is 1.19 bits per heavy atom. The van der Waals surface area contributed by atoms with Gasteiger partial charge in [-0.1, -0.05) is 6.07 Å². The third-order valence-electron chi connectivity index (χ3n) is 4.49. The van der Waals surface area contributed by atoms with Gasteiger partial charge in [0.2, 0.25) is 0 Å². The topological polar surface area (TPSA) is 56.2 Å². The smallest absolute Gasteiger partial charge is 0.399 e. The van der Waals surface area contributed by atoms with E-state index in [-0.39, 0.29) is 10.8 Å². The lowest BCUT2D eigenvalue weighted by molar-refractivity contribution is 0.00578. The minimum atomic E-state index is -0.820. The first-order valence-corrected chi connectivity index (χ1v) is 6.87. The number of benzene rings is 1. The zero-order valence-electron chi connectivity index (χ0n) is 12.8. The normalized spacial score (nSPS) is 20.4. The number of aromatic amines is 1. The number of nitrogens with zero attached hydrogens (tertiary/aromatic N) is 1. The van der Waals surface area contributed by atoms with Crippen LogP contribution in [0.5, 0.6) is 0 Å². The Bertz CT molecular complexity index is 762. The Balaban J connectivity index is 2.13. The molecular weight excluding hydrogens is 274 g/mol. The minimum absolute atomic E-state index is 0.0321. The van der Waals surface area contributed by atoms with E-state index >= 15 is 0 Å². The molecule has 1 aromatic heterocycles. The Morgan fingerprint density at radius 2 is 1.76 bits per heavy atom. The Kier molecular flexibility index (Phi) is 2.87. The highest BCUT2D eigenvalue weighted by atomic mass is 19.1. The summed E-state index contributed by atoms with van der Waals surface area (Å²) in [7, 11) is 0.731. The van der Waals surface area contributed by atoms with Crippen LogP contribution in [0.1, 0.15) is 27.7 Å². The number of hydrogen-bond donors (Lipinski definition) is 1. The third-order valence-corrected chi connectivity index (χ3v) is 4.49. The molecule has 112 valence electrons. The number of H-pyrrole nitrogens is 1. The van der Waals surface area contributed by atoms with Crippen molar-refractivity contribution in [3.05, 3.63) is 28.3 Å². The second-order valence-electron chi connectivity index (χ2n) is 6.46. The summed E-state index contributed by atoms with van der Waals surface area (Å²) < 4.78 is 27.6. The van der Waals surface area contributed by atoms with E-state index in [1.165, 1.54) is 4.68 Å². The maximum Gasteiger partial charge on any atom is 0.497 e. The first-order chi connectivity index (χ1) is 9.64. The van der Waals surface area contributed by atoms with Crippen LogP contribution in [0.2, 0.25) is 0 Å². The fraction of sp³-hybridized carbons (Fsp3) is 0.500. The van der Waals surface area contributed by atoms with Crippen LogP contribution in [-0.2, 0) is 16.4 Å². The zero-order valence-corrected chi connectivity index (χ0v) is 12.8. The van der Waals surface area contributed by atoms with Crippen LogP contribution < -0.4 is 11.0 Å². The predicted octanol–water partition coefficient (Wildman–Crippen LogP) is 1.30. The SMILES string of the molecule is Cn1[nH]c2ccc(B3OC(C)(C)C(C)(C)O3)c(F)c2c1=O. The minimum Gasteiger partial charge on any atom is -0.399 e. The molecule has 1 aromatic carbocycles. The van der Waals surface area contributed by atoms with Gasteiger partial charge in [-0.2, -0.15) is 0 Å². The summed E-state index contributed by atoms with van der Waals surface area (Å²) in [5.74, 6) is -0.590. The van der Waals surface area contributed by atoms with Crippen LogP contribution in [0, 0.1) is 5.82 Å². The van der Waals surface area contributed by atoms with Crippen molar-refractivity contribution in [3.63, 3.8) is 0 Å². The van der Waals surface area contributed by atoms with Crippen molar-refractivity contribution in [2.24, 2.45) is 7.05 Å². The summed E-state index contributed by atoms with van der Waals surface area (Å²) >= 11 is 0. The van der Waals surface area contributed by atoms with Gasteiger partial charge in [0, 0.05) is 12.5 Å². The van der Waals surface area contributed by atoms with Crippen LogP contribution in [-0.4, -0.2) is 28.1 Å². The summed E-state index contributed by atoms with van der Waals surface area (Å²) in [6, 6.07) is 3.26. The average molecular weight is 292 g/mol. The molecule has 3 rings (SSSR count). The number of aromatic nitrogens is 2. The monoisotopic (exact) mass is 292 g/mol. The maximum atomic E-state index is 14.7. The summed E-state index contributed by atoms with van der Waals surface area (Å²) in [5.41, 5.74) is -0.802. The zero-order chi connectivity index (χ0) is 15.6. The number of fused-ring (bicyclic) bond motifs is 1. The molecule has 2 aromatic rings. The van der Waals surface area contributed by atoms with E-state index in [4.69, 9.17) is 9.31 Å². The summed E-state index contributed by atoms with van der Waals surface area (Å²) in [5, 5.41) is 2.83. The third kappa shape index (κ3) is 1.95. The van der Waals surface area contributed by atoms with Crippen molar-refractivity contribution in [2.45, 2.75) is 38.9 Å². The average Bonchev–Trinajstić information content (AvgIpc) is 2.75. The quantitative estimate of drug-likeness (QED) is 0.806. The molecule has 2 heterocycles. The molecule has 5 nitrogen and oxygen atoms in total. The molecule has 0 atom stereocenters. The molecule has 0 spiro atoms. The van der Waals surface area contributed by atoms with Crippen LogP contribution in [0.15, 0.2) is 16.9 Å². The fourth-order valence-electron chi connectivity index (χ4n) is 2.45. The molecule has 1 fully saturated rings. The Hall–Kier alpha value is -1.60. The van der Waals surface area contributed by atoms with E-state index in [0.29, 0.717) is 5.52 Å². The number of rotatable bonds is 1. The van der Waals surface area contributed by atoms with Crippen LogP contribution in [0.3, 0.4) is 0 Å². The lowest BCUT2D eigenvalue weighted by atomic mass is 9.78. The molecule has 1 aliphatic heterocycles. The van der Waals surface area contributed by atoms with Crippen molar-refractivity contribution < 1.29 is 13.7 Å². The molecule has 0 saturated carbocycles. The highest BCUT2D eigenvalue weighted by Crippen LogP contribution is 2.36. The van der Waals surface area contributed by atoms with Crippen molar-refractivity contribution in [1.82, 2.24) is 9.78 Å². The second kappa shape index (κ2) is 4.21. The van der Waals surface area contributed by atoms with Gasteiger partial charge < -0.3 is 9.31 Å². The van der Waals surface area contributed by atoms with Crippen molar-refractivity contribution >= 4 is 23.5 Å². The van der Waals surface area contributed by atoms with Gasteiger partial charge in [-0.05, 0) is 33.8 Å². The van der Waals surface area contributed by atoms with E-state index in [9.17, 15) is 9.18 Å². The number of hydrogen-bond acceptors (Lipinski definition) is 3. The van der Waals surface area contributed by atoms with Crippen molar-refractivity contribution in [3.8, 4) is 0 Å². The number of aryl methyl sites for hydroxylation is 1. The van der Waals surface area contributed by atoms with Crippen LogP contribution in [0.25, 0.3) is 10.9 Å². The van der Waals surface area contributed by atoms with Crippen molar-refractivity contribution in [1.29, 1.82) is 0 Å². The molecule has 21 heavy (non-hydrogen) atoms. The van der Waals surface area contributed by atoms with Gasteiger partial charge in [-0.15, -0.1) is 0 Å². The number of halogens is 1. The van der Waals surface area contributed by atoms with E-state index in [2.05, 4.69) is 5.10 Å². The van der Waals surface area contributed by atoms with E-state index in [1.54, 1.807) is 19.2 Å². The first kappa shape index (κ1) is 14.3. The molecule has 1 N–H and O–H groups in total. The van der Waals surface area contributed by atoms with Gasteiger partial charge in [-0.25, -0.2) is 4.39 Å². The molecule has 0 unspecified atom stereocenters. The van der Waals surface area contributed by atoms with Gasteiger partial charge in [0.25, 0.3) is 5.56 Å². The van der Waals surface area contributed by atoms with Gasteiger partial charge in [-0.3, -0.25) is 14.6 Å². The van der Waals surface area contributed by atoms with Crippen LogP contribution >= 0.6 is 0 Å². The first-order valence-electron chi connectivity index (χ1n) is 6.87. The highest BCUT2D eigenvalue weighted by molar-refractivity contribution is 6.62. The second-order valence-corrected chi connectivity index (χ2v) is 6.46. The molecule has 7 heteroatoms. The van der Waals surface area contributed by atoms with E-state index < -0.39 is 29.7 Å². The standard InChI is InChI=1S/C14H18BFN2O3/c1-13(2)14(3,4)21-15(20-13)8-6-7-9-10(11(8)16)12(19)18(5)17-9/h6-7,17H,1-5H3. The number of nitrogens with one attached hydrogen (secondary N) is 1. The summed E-state index contributed by atoms with van der Waals surface area (Å²) in [6.07, 6.45) is 0. The van der Waals surface area contributed by atoms with Gasteiger partial charge in [0.1, 0.15) is 11.2 Å². The Labute approximate surface area is 122 Å². The largest absolute Gasteiger partial charge is 0.497 e. The van der Waals surface area contributed by atoms with E-state index in [1.807, 2.05) is 27.7 Å². The van der Waals surface area contributed by atoms with Crippen LogP contribution in [0.4, 0.5) is 4.39 Å². The molecular formula is C14H18BFN2O3. The van der Waals surface area contributed by atoms with E-state index in [0.717, 1.165) is 0 Å². The molecule has 0 radical (unpaired) electrons. The molecule has 0 amide bonds. The van der Waals surface area contributed by atoms with Gasteiger partial charge >= 0.3 is 7.12 Å². The summed E-state index contributed by atoms with van der Waals surface area (Å²) in [6.45, 7) is 7.61. The predicted molar refractivity (Wildman–Crippen MR) is 79.2 cm³/mol. The fourth-order valence-corrected chi connectivity index (χ4v) is 2.45.